The molecule has 5 nitrogen and oxygen atoms in total. The van der Waals surface area contributed by atoms with Gasteiger partial charge in [-0.2, -0.15) is 0 Å². The van der Waals surface area contributed by atoms with Gasteiger partial charge in [-0.15, -0.1) is 11.3 Å². The molecule has 0 aliphatic carbocycles. The maximum Gasteiger partial charge on any atom is 0.338 e. The van der Waals surface area contributed by atoms with Gasteiger partial charge in [0, 0.05) is 0 Å². The molecule has 0 aromatic carbocycles. The lowest BCUT2D eigenvalue weighted by Gasteiger charge is -1.87. The highest BCUT2D eigenvalue weighted by atomic mass is 35.5. The van der Waals surface area contributed by atoms with E-state index in [1.807, 2.05) is 0 Å². The van der Waals surface area contributed by atoms with Crippen molar-refractivity contribution < 1.29 is 18.3 Å². The van der Waals surface area contributed by atoms with E-state index in [0.717, 1.165) is 6.07 Å². The van der Waals surface area contributed by atoms with Crippen molar-refractivity contribution in [3.8, 4) is 0 Å². The number of nitrogens with two attached hydrogens (primary N) is 1. The van der Waals surface area contributed by atoms with Crippen LogP contribution in [-0.2, 0) is 10.0 Å². The summed E-state index contributed by atoms with van der Waals surface area (Å²) in [5.41, 5.74) is -0.254. The molecule has 3 N–H and O–H groups in total. The normalized spacial score (nSPS) is 11.5. The van der Waals surface area contributed by atoms with Crippen LogP contribution >= 0.6 is 22.9 Å². The number of rotatable bonds is 2. The highest BCUT2D eigenvalue weighted by Crippen LogP contribution is 2.29. The Bertz CT molecular complexity index is 449. The summed E-state index contributed by atoms with van der Waals surface area (Å²) in [4.78, 5) is 10.4. The fraction of sp³-hybridized carbons (Fsp3) is 0. The van der Waals surface area contributed by atoms with Gasteiger partial charge in [-0.1, -0.05) is 11.6 Å². The van der Waals surface area contributed by atoms with Crippen LogP contribution in [0, 0.1) is 0 Å². The number of halogens is 1. The molecule has 8 heteroatoms. The second kappa shape index (κ2) is 3.26. The van der Waals surface area contributed by atoms with Crippen molar-refractivity contribution in [2.75, 3.05) is 0 Å². The summed E-state index contributed by atoms with van der Waals surface area (Å²) < 4.78 is 21.2. The van der Waals surface area contributed by atoms with E-state index in [-0.39, 0.29) is 14.1 Å². The molecule has 0 amide bonds. The number of hydrogen-bond acceptors (Lipinski definition) is 4. The van der Waals surface area contributed by atoms with Crippen molar-refractivity contribution in [1.82, 2.24) is 0 Å². The molecule has 0 atom stereocenters. The van der Waals surface area contributed by atoms with Gasteiger partial charge < -0.3 is 5.11 Å². The summed E-state index contributed by atoms with van der Waals surface area (Å²) >= 11 is 6.08. The van der Waals surface area contributed by atoms with E-state index in [9.17, 15) is 13.2 Å². The van der Waals surface area contributed by atoms with Gasteiger partial charge in [0.05, 0.1) is 5.56 Å². The van der Waals surface area contributed by atoms with Gasteiger partial charge in [-0.25, -0.2) is 18.4 Å². The summed E-state index contributed by atoms with van der Waals surface area (Å²) in [6.07, 6.45) is 0. The number of primary sulfonamides is 1. The highest BCUT2D eigenvalue weighted by molar-refractivity contribution is 7.91. The second-order valence-electron chi connectivity index (χ2n) is 2.10. The average Bonchev–Trinajstić information content (AvgIpc) is 2.29. The van der Waals surface area contributed by atoms with Gasteiger partial charge in [0.2, 0.25) is 10.0 Å². The largest absolute Gasteiger partial charge is 0.478 e. The van der Waals surface area contributed by atoms with Gasteiger partial charge in [-0.05, 0) is 6.07 Å². The maximum absolute atomic E-state index is 10.8. The Labute approximate surface area is 82.8 Å². The second-order valence-corrected chi connectivity index (χ2v) is 5.55. The van der Waals surface area contributed by atoms with Crippen molar-refractivity contribution in [3.63, 3.8) is 0 Å². The summed E-state index contributed by atoms with van der Waals surface area (Å²) in [6.45, 7) is 0. The van der Waals surface area contributed by atoms with Crippen molar-refractivity contribution in [2.45, 2.75) is 4.21 Å². The predicted octanol–water partition coefficient (Wildman–Crippen LogP) is 0.747. The standard InChI is InChI=1S/C5H4ClNO4S2/c6-4-2(5(8)9)1-3(12-4)13(7,10)11/h1H,(H,8,9)(H2,7,10,11). The van der Waals surface area contributed by atoms with Gasteiger partial charge in [-0.3, -0.25) is 0 Å². The molecule has 1 aromatic rings. The molecular weight excluding hydrogens is 238 g/mol. The van der Waals surface area contributed by atoms with Crippen LogP contribution in [0.15, 0.2) is 10.3 Å². The fourth-order valence-corrected chi connectivity index (χ4v) is 2.76. The number of sulfonamides is 1. The van der Waals surface area contributed by atoms with Crippen LogP contribution in [0.25, 0.3) is 0 Å². The number of aromatic carboxylic acids is 1. The molecule has 0 aliphatic heterocycles. The summed E-state index contributed by atoms with van der Waals surface area (Å²) in [7, 11) is -3.87. The lowest BCUT2D eigenvalue weighted by Crippen LogP contribution is -2.10. The lowest BCUT2D eigenvalue weighted by atomic mass is 10.4. The first-order valence-electron chi connectivity index (χ1n) is 2.88. The van der Waals surface area contributed by atoms with Crippen LogP contribution in [0.1, 0.15) is 10.4 Å². The number of thiophene rings is 1. The monoisotopic (exact) mass is 241 g/mol. The molecule has 1 aromatic heterocycles. The molecular formula is C5H4ClNO4S2. The first kappa shape index (κ1) is 10.5. The molecule has 1 rings (SSSR count). The zero-order valence-electron chi connectivity index (χ0n) is 6.02. The van der Waals surface area contributed by atoms with Crippen LogP contribution in [0.2, 0.25) is 4.34 Å². The quantitative estimate of drug-likeness (QED) is 0.798. The zero-order valence-corrected chi connectivity index (χ0v) is 8.41. The molecule has 72 valence electrons. The van der Waals surface area contributed by atoms with Crippen LogP contribution in [0.5, 0.6) is 0 Å². The third-order valence-electron chi connectivity index (χ3n) is 1.17. The average molecular weight is 242 g/mol. The van der Waals surface area contributed by atoms with Crippen molar-refractivity contribution >= 4 is 38.9 Å². The van der Waals surface area contributed by atoms with Gasteiger partial charge in [0.15, 0.2) is 0 Å². The van der Waals surface area contributed by atoms with E-state index in [0.29, 0.717) is 11.3 Å². The molecule has 0 fully saturated rings. The third-order valence-corrected chi connectivity index (χ3v) is 3.95. The summed E-state index contributed by atoms with van der Waals surface area (Å²) in [5, 5.41) is 13.3. The number of carboxylic acid groups (broad SMARTS) is 1. The maximum atomic E-state index is 10.8. The zero-order chi connectivity index (χ0) is 10.2. The van der Waals surface area contributed by atoms with Gasteiger partial charge >= 0.3 is 5.97 Å². The molecule has 0 bridgehead atoms. The van der Waals surface area contributed by atoms with Gasteiger partial charge in [0.1, 0.15) is 8.55 Å². The topological polar surface area (TPSA) is 97.5 Å². The minimum Gasteiger partial charge on any atom is -0.478 e. The van der Waals surface area contributed by atoms with E-state index in [4.69, 9.17) is 21.8 Å². The Morgan fingerprint density at radius 3 is 2.38 bits per heavy atom. The first-order chi connectivity index (χ1) is 5.82. The summed E-state index contributed by atoms with van der Waals surface area (Å²) in [6, 6.07) is 0.935. The number of hydrogen-bond donors (Lipinski definition) is 2. The Morgan fingerprint density at radius 2 is 2.15 bits per heavy atom. The highest BCUT2D eigenvalue weighted by Gasteiger charge is 2.19. The van der Waals surface area contributed by atoms with E-state index >= 15 is 0 Å². The molecule has 0 radical (unpaired) electrons. The molecule has 0 aliphatic rings. The molecule has 0 saturated heterocycles. The van der Waals surface area contributed by atoms with Crippen LogP contribution in [-0.4, -0.2) is 19.5 Å². The van der Waals surface area contributed by atoms with Crippen LogP contribution < -0.4 is 5.14 Å². The van der Waals surface area contributed by atoms with E-state index in [1.165, 1.54) is 0 Å². The van der Waals surface area contributed by atoms with E-state index in [2.05, 4.69) is 0 Å². The van der Waals surface area contributed by atoms with Crippen molar-refractivity contribution in [1.29, 1.82) is 0 Å². The Balaban J connectivity index is 3.33. The Hall–Kier alpha value is -0.630. The third kappa shape index (κ3) is 2.19. The van der Waals surface area contributed by atoms with E-state index in [1.54, 1.807) is 0 Å². The number of carbonyl (C=O) groups is 1. The molecule has 0 saturated carbocycles. The SMILES string of the molecule is NS(=O)(=O)c1cc(C(=O)O)c(Cl)s1. The smallest absolute Gasteiger partial charge is 0.338 e. The fourth-order valence-electron chi connectivity index (χ4n) is 0.633. The van der Waals surface area contributed by atoms with Gasteiger partial charge in [0.25, 0.3) is 0 Å². The Kier molecular flexibility index (Phi) is 2.62. The van der Waals surface area contributed by atoms with Crippen LogP contribution in [0.4, 0.5) is 0 Å². The first-order valence-corrected chi connectivity index (χ1v) is 5.62. The summed E-state index contributed by atoms with van der Waals surface area (Å²) in [5.74, 6) is -1.28. The number of carboxylic acids is 1. The van der Waals surface area contributed by atoms with E-state index < -0.39 is 16.0 Å². The van der Waals surface area contributed by atoms with Crippen LogP contribution in [0.3, 0.4) is 0 Å². The molecule has 0 spiro atoms. The predicted molar refractivity (Wildman–Crippen MR) is 47.7 cm³/mol. The van der Waals surface area contributed by atoms with Crippen molar-refractivity contribution in [2.24, 2.45) is 5.14 Å². The molecule has 13 heavy (non-hydrogen) atoms. The Morgan fingerprint density at radius 1 is 1.62 bits per heavy atom. The van der Waals surface area contributed by atoms with Crippen molar-refractivity contribution in [3.05, 3.63) is 16.0 Å². The minimum atomic E-state index is -3.87. The molecule has 0 unspecified atom stereocenters. The molecule has 1 heterocycles. The lowest BCUT2D eigenvalue weighted by molar-refractivity contribution is 0.0697. The minimum absolute atomic E-state index is 0.100.